The van der Waals surface area contributed by atoms with E-state index in [9.17, 15) is 5.11 Å². The summed E-state index contributed by atoms with van der Waals surface area (Å²) >= 11 is 3.55. The summed E-state index contributed by atoms with van der Waals surface area (Å²) in [6.45, 7) is 2.47. The van der Waals surface area contributed by atoms with Crippen LogP contribution < -0.4 is 0 Å². The van der Waals surface area contributed by atoms with Crippen LogP contribution in [0.15, 0.2) is 35.0 Å². The average Bonchev–Trinajstić information content (AvgIpc) is 3.24. The lowest BCUT2D eigenvalue weighted by Gasteiger charge is -2.30. The molecule has 0 aliphatic carbocycles. The first-order chi connectivity index (χ1) is 10.8. The van der Waals surface area contributed by atoms with Crippen LogP contribution in [-0.2, 0) is 5.41 Å². The Balaban J connectivity index is 1.95. The van der Waals surface area contributed by atoms with Gasteiger partial charge in [-0.05, 0) is 29.3 Å². The highest BCUT2D eigenvalue weighted by atomic mass is 32.1. The second-order valence-corrected chi connectivity index (χ2v) is 7.96. The van der Waals surface area contributed by atoms with Gasteiger partial charge in [-0.25, -0.2) is 0 Å². The highest BCUT2D eigenvalue weighted by molar-refractivity contribution is 7.11. The van der Waals surface area contributed by atoms with Gasteiger partial charge >= 0.3 is 0 Å². The molecule has 0 saturated heterocycles. The quantitative estimate of drug-likeness (QED) is 0.482. The summed E-state index contributed by atoms with van der Waals surface area (Å²) in [5.74, 6) is 0. The highest BCUT2D eigenvalue weighted by Crippen LogP contribution is 2.41. The van der Waals surface area contributed by atoms with Crippen molar-refractivity contribution in [3.05, 3.63) is 44.8 Å². The van der Waals surface area contributed by atoms with Crippen molar-refractivity contribution in [3.8, 4) is 0 Å². The topological polar surface area (TPSA) is 20.2 Å². The Kier molecular flexibility index (Phi) is 7.64. The van der Waals surface area contributed by atoms with Crippen molar-refractivity contribution in [2.45, 2.75) is 63.7 Å². The molecule has 0 amide bonds. The number of aliphatic hydroxyl groups excluding tert-OH is 1. The van der Waals surface area contributed by atoms with E-state index in [0.29, 0.717) is 0 Å². The van der Waals surface area contributed by atoms with E-state index in [0.717, 1.165) is 6.42 Å². The Bertz CT molecular complexity index is 453. The van der Waals surface area contributed by atoms with E-state index in [-0.39, 0.29) is 12.0 Å². The molecule has 2 aromatic heterocycles. The molecular formula is C19H28OS2. The minimum absolute atomic E-state index is 0.175. The number of hydrogen-bond donors (Lipinski definition) is 1. The zero-order valence-corrected chi connectivity index (χ0v) is 15.2. The van der Waals surface area contributed by atoms with E-state index in [1.54, 1.807) is 22.7 Å². The van der Waals surface area contributed by atoms with Gasteiger partial charge in [0.05, 0.1) is 12.0 Å². The second kappa shape index (κ2) is 9.49. The number of hydrogen-bond acceptors (Lipinski definition) is 3. The van der Waals surface area contributed by atoms with E-state index < -0.39 is 0 Å². The summed E-state index contributed by atoms with van der Waals surface area (Å²) in [7, 11) is 0. The molecule has 1 nitrogen and oxygen atoms in total. The molecule has 0 aromatic carbocycles. The largest absolute Gasteiger partial charge is 0.395 e. The van der Waals surface area contributed by atoms with Gasteiger partial charge in [0.15, 0.2) is 0 Å². The first-order valence-electron chi connectivity index (χ1n) is 8.52. The first-order valence-corrected chi connectivity index (χ1v) is 10.3. The average molecular weight is 337 g/mol. The lowest BCUT2D eigenvalue weighted by molar-refractivity contribution is 0.213. The Morgan fingerprint density at radius 2 is 1.41 bits per heavy atom. The summed E-state index contributed by atoms with van der Waals surface area (Å²) in [5.41, 5.74) is -0.175. The minimum atomic E-state index is -0.175. The molecule has 1 N–H and O–H groups in total. The zero-order chi connectivity index (χ0) is 15.7. The standard InChI is InChI=1S/C19H28OS2/c1-2-3-4-5-6-7-8-13-19(16-20,17-11-9-14-21-17)18-12-10-15-22-18/h9-12,14-15,20H,2-8,13,16H2,1H3. The van der Waals surface area contributed by atoms with Crippen LogP contribution in [0.3, 0.4) is 0 Å². The summed E-state index contributed by atoms with van der Waals surface area (Å²) < 4.78 is 0. The van der Waals surface area contributed by atoms with Crippen LogP contribution in [-0.4, -0.2) is 11.7 Å². The molecule has 0 saturated carbocycles. The van der Waals surface area contributed by atoms with Crippen molar-refractivity contribution in [2.24, 2.45) is 0 Å². The van der Waals surface area contributed by atoms with E-state index in [1.807, 2.05) is 0 Å². The Labute approximate surface area is 143 Å². The third-order valence-electron chi connectivity index (χ3n) is 4.46. The normalized spacial score (nSPS) is 11.9. The molecule has 122 valence electrons. The van der Waals surface area contributed by atoms with Gasteiger partial charge in [-0.2, -0.15) is 0 Å². The van der Waals surface area contributed by atoms with Crippen LogP contribution in [0.2, 0.25) is 0 Å². The Hall–Kier alpha value is -0.640. The van der Waals surface area contributed by atoms with Crippen LogP contribution in [0.1, 0.15) is 68.0 Å². The van der Waals surface area contributed by atoms with Crippen LogP contribution in [0.25, 0.3) is 0 Å². The van der Waals surface area contributed by atoms with Crippen molar-refractivity contribution >= 4 is 22.7 Å². The molecule has 0 aliphatic heterocycles. The number of aliphatic hydroxyl groups is 1. The molecule has 2 heterocycles. The smallest absolute Gasteiger partial charge is 0.0620 e. The minimum Gasteiger partial charge on any atom is -0.395 e. The molecule has 0 bridgehead atoms. The fraction of sp³-hybridized carbons (Fsp3) is 0.579. The van der Waals surface area contributed by atoms with Crippen LogP contribution in [0, 0.1) is 0 Å². The van der Waals surface area contributed by atoms with Gasteiger partial charge in [-0.1, -0.05) is 64.0 Å². The number of thiophene rings is 2. The predicted octanol–water partition coefficient (Wildman–Crippen LogP) is 6.23. The molecule has 0 unspecified atom stereocenters. The van der Waals surface area contributed by atoms with E-state index in [4.69, 9.17) is 0 Å². The van der Waals surface area contributed by atoms with E-state index >= 15 is 0 Å². The maximum absolute atomic E-state index is 10.2. The fourth-order valence-electron chi connectivity index (χ4n) is 3.09. The summed E-state index contributed by atoms with van der Waals surface area (Å²) in [6, 6.07) is 8.56. The Morgan fingerprint density at radius 3 is 1.86 bits per heavy atom. The predicted molar refractivity (Wildman–Crippen MR) is 99.1 cm³/mol. The molecule has 0 radical (unpaired) electrons. The van der Waals surface area contributed by atoms with Crippen LogP contribution in [0.4, 0.5) is 0 Å². The monoisotopic (exact) mass is 336 g/mol. The number of rotatable bonds is 11. The fourth-order valence-corrected chi connectivity index (χ4v) is 5.08. The van der Waals surface area contributed by atoms with Gasteiger partial charge in [0.25, 0.3) is 0 Å². The third-order valence-corrected chi connectivity index (χ3v) is 6.61. The van der Waals surface area contributed by atoms with Crippen molar-refractivity contribution in [3.63, 3.8) is 0 Å². The molecular weight excluding hydrogens is 308 g/mol. The lowest BCUT2D eigenvalue weighted by Crippen LogP contribution is -2.30. The molecule has 0 atom stereocenters. The van der Waals surface area contributed by atoms with Crippen molar-refractivity contribution in [1.82, 2.24) is 0 Å². The van der Waals surface area contributed by atoms with Crippen molar-refractivity contribution in [2.75, 3.05) is 6.61 Å². The van der Waals surface area contributed by atoms with Crippen molar-refractivity contribution in [1.29, 1.82) is 0 Å². The van der Waals surface area contributed by atoms with Gasteiger partial charge < -0.3 is 5.11 Å². The van der Waals surface area contributed by atoms with Gasteiger partial charge in [-0.3, -0.25) is 0 Å². The third kappa shape index (κ3) is 4.43. The lowest BCUT2D eigenvalue weighted by atomic mass is 9.80. The van der Waals surface area contributed by atoms with Crippen molar-refractivity contribution < 1.29 is 5.11 Å². The van der Waals surface area contributed by atoms with Gasteiger partial charge in [0.1, 0.15) is 0 Å². The summed E-state index contributed by atoms with van der Waals surface area (Å²) in [5, 5.41) is 14.5. The molecule has 0 spiro atoms. The molecule has 0 fully saturated rings. The molecule has 0 aliphatic rings. The van der Waals surface area contributed by atoms with Gasteiger partial charge in [0.2, 0.25) is 0 Å². The second-order valence-electron chi connectivity index (χ2n) is 6.07. The first kappa shape index (κ1) is 17.7. The van der Waals surface area contributed by atoms with Gasteiger partial charge in [0, 0.05) is 9.75 Å². The highest BCUT2D eigenvalue weighted by Gasteiger charge is 2.35. The molecule has 2 aromatic rings. The van der Waals surface area contributed by atoms with E-state index in [2.05, 4.69) is 41.9 Å². The Morgan fingerprint density at radius 1 is 0.864 bits per heavy atom. The number of unbranched alkanes of at least 4 members (excludes halogenated alkanes) is 6. The summed E-state index contributed by atoms with van der Waals surface area (Å²) in [6.07, 6.45) is 10.3. The van der Waals surface area contributed by atoms with Crippen LogP contribution in [0.5, 0.6) is 0 Å². The maximum Gasteiger partial charge on any atom is 0.0620 e. The molecule has 3 heteroatoms. The maximum atomic E-state index is 10.2. The van der Waals surface area contributed by atoms with Crippen LogP contribution >= 0.6 is 22.7 Å². The molecule has 2 rings (SSSR count). The van der Waals surface area contributed by atoms with E-state index in [1.165, 1.54) is 54.7 Å². The SMILES string of the molecule is CCCCCCCCCC(CO)(c1cccs1)c1cccs1. The molecule has 22 heavy (non-hydrogen) atoms. The zero-order valence-electron chi connectivity index (χ0n) is 13.6. The summed E-state index contributed by atoms with van der Waals surface area (Å²) in [4.78, 5) is 2.62. The van der Waals surface area contributed by atoms with Gasteiger partial charge in [-0.15, -0.1) is 22.7 Å².